The van der Waals surface area contributed by atoms with Crippen molar-refractivity contribution in [2.45, 2.75) is 45.5 Å². The van der Waals surface area contributed by atoms with Gasteiger partial charge in [0.1, 0.15) is 12.8 Å². The van der Waals surface area contributed by atoms with Crippen LogP contribution in [0.4, 0.5) is 4.39 Å². The molecule has 2 unspecified atom stereocenters. The molecule has 166 valence electrons. The first-order valence-corrected chi connectivity index (χ1v) is 10.8. The quantitative estimate of drug-likeness (QED) is 0.730. The maximum absolute atomic E-state index is 14.8. The summed E-state index contributed by atoms with van der Waals surface area (Å²) in [5, 5.41) is 11.8. The molecule has 0 saturated carbocycles. The van der Waals surface area contributed by atoms with Gasteiger partial charge in [-0.3, -0.25) is 9.69 Å². The number of amides is 1. The minimum atomic E-state index is -1.15. The standard InChI is InChI=1S/C25H26FN3O3/c1-15-11-18(3-4-19(15)12-27)24(30)28-23-8-10-29(13-22(23)26)9-7-17-5-6-20-21(16(17)2)14-32-25(20)31/h3-6,11,22-23H,7-10,13-14H2,1-2H3,(H,28,30). The molecule has 1 N–H and O–H groups in total. The molecule has 6 nitrogen and oxygen atoms in total. The number of halogens is 1. The fraction of sp³-hybridized carbons (Fsp3) is 0.400. The molecule has 0 aliphatic carbocycles. The highest BCUT2D eigenvalue weighted by Crippen LogP contribution is 2.26. The largest absolute Gasteiger partial charge is 0.457 e. The van der Waals surface area contributed by atoms with Crippen LogP contribution in [0.2, 0.25) is 0 Å². The van der Waals surface area contributed by atoms with Crippen molar-refractivity contribution >= 4 is 11.9 Å². The Hall–Kier alpha value is -3.24. The summed E-state index contributed by atoms with van der Waals surface area (Å²) in [6.45, 7) is 5.78. The lowest BCUT2D eigenvalue weighted by Crippen LogP contribution is -2.52. The number of rotatable bonds is 5. The number of carbonyl (C=O) groups excluding carboxylic acids is 2. The molecule has 1 saturated heterocycles. The molecule has 0 radical (unpaired) electrons. The minimum absolute atomic E-state index is 0.267. The van der Waals surface area contributed by atoms with E-state index < -0.39 is 12.2 Å². The number of piperidine rings is 1. The predicted molar refractivity (Wildman–Crippen MR) is 117 cm³/mol. The Labute approximate surface area is 187 Å². The average molecular weight is 435 g/mol. The van der Waals surface area contributed by atoms with Gasteiger partial charge in [-0.25, -0.2) is 9.18 Å². The Bertz CT molecular complexity index is 1110. The Morgan fingerprint density at radius 1 is 1.31 bits per heavy atom. The molecular weight excluding hydrogens is 409 g/mol. The van der Waals surface area contributed by atoms with Crippen molar-refractivity contribution in [3.05, 3.63) is 69.3 Å². The molecule has 1 amide bonds. The third kappa shape index (κ3) is 4.37. The highest BCUT2D eigenvalue weighted by molar-refractivity contribution is 5.95. The Morgan fingerprint density at radius 3 is 2.84 bits per heavy atom. The summed E-state index contributed by atoms with van der Waals surface area (Å²) in [4.78, 5) is 26.3. The zero-order valence-electron chi connectivity index (χ0n) is 18.3. The maximum Gasteiger partial charge on any atom is 0.338 e. The number of benzene rings is 2. The fourth-order valence-corrected chi connectivity index (χ4v) is 4.46. The molecule has 2 atom stereocenters. The maximum atomic E-state index is 14.8. The number of aryl methyl sites for hydroxylation is 1. The molecule has 0 aromatic heterocycles. The number of hydrogen-bond acceptors (Lipinski definition) is 5. The Morgan fingerprint density at radius 2 is 2.12 bits per heavy atom. The van der Waals surface area contributed by atoms with E-state index >= 15 is 0 Å². The molecular formula is C25H26FN3O3. The number of carbonyl (C=O) groups is 2. The van der Waals surface area contributed by atoms with Crippen molar-refractivity contribution in [1.29, 1.82) is 5.26 Å². The molecule has 2 heterocycles. The fourth-order valence-electron chi connectivity index (χ4n) is 4.46. The van der Waals surface area contributed by atoms with Gasteiger partial charge in [0.25, 0.3) is 5.91 Å². The van der Waals surface area contributed by atoms with E-state index in [1.807, 2.05) is 19.1 Å². The van der Waals surface area contributed by atoms with Crippen LogP contribution in [0, 0.1) is 25.2 Å². The van der Waals surface area contributed by atoms with Crippen molar-refractivity contribution in [1.82, 2.24) is 10.2 Å². The van der Waals surface area contributed by atoms with Gasteiger partial charge in [0.2, 0.25) is 0 Å². The first kappa shape index (κ1) is 22.0. The van der Waals surface area contributed by atoms with Crippen LogP contribution in [-0.4, -0.2) is 48.6 Å². The summed E-state index contributed by atoms with van der Waals surface area (Å²) in [6.07, 6.45) is 0.147. The normalized spacial score (nSPS) is 20.4. The van der Waals surface area contributed by atoms with Gasteiger partial charge in [-0.1, -0.05) is 6.07 Å². The van der Waals surface area contributed by atoms with Crippen LogP contribution in [-0.2, 0) is 17.8 Å². The summed E-state index contributed by atoms with van der Waals surface area (Å²) >= 11 is 0. The summed E-state index contributed by atoms with van der Waals surface area (Å²) < 4.78 is 20.0. The van der Waals surface area contributed by atoms with Crippen molar-refractivity contribution in [3.8, 4) is 6.07 Å². The van der Waals surface area contributed by atoms with Gasteiger partial charge < -0.3 is 10.1 Å². The lowest BCUT2D eigenvalue weighted by molar-refractivity contribution is 0.0534. The average Bonchev–Trinajstić information content (AvgIpc) is 3.16. The van der Waals surface area contributed by atoms with Gasteiger partial charge in [0, 0.05) is 30.8 Å². The van der Waals surface area contributed by atoms with Crippen molar-refractivity contribution in [2.24, 2.45) is 0 Å². The molecule has 0 bridgehead atoms. The zero-order chi connectivity index (χ0) is 22.8. The van der Waals surface area contributed by atoms with E-state index in [0.717, 1.165) is 28.7 Å². The third-order valence-corrected chi connectivity index (χ3v) is 6.53. The number of likely N-dealkylation sites (tertiary alicyclic amines) is 1. The van der Waals surface area contributed by atoms with Gasteiger partial charge in [-0.05, 0) is 67.6 Å². The first-order chi connectivity index (χ1) is 15.4. The molecule has 4 rings (SSSR count). The van der Waals surface area contributed by atoms with Crippen LogP contribution in [0.3, 0.4) is 0 Å². The van der Waals surface area contributed by atoms with Gasteiger partial charge in [0.15, 0.2) is 0 Å². The topological polar surface area (TPSA) is 82.4 Å². The van der Waals surface area contributed by atoms with Crippen LogP contribution in [0.1, 0.15) is 55.0 Å². The van der Waals surface area contributed by atoms with Crippen LogP contribution < -0.4 is 5.32 Å². The van der Waals surface area contributed by atoms with E-state index in [1.54, 1.807) is 25.1 Å². The number of nitrogens with one attached hydrogen (secondary N) is 1. The van der Waals surface area contributed by atoms with E-state index in [9.17, 15) is 14.0 Å². The van der Waals surface area contributed by atoms with Crippen molar-refractivity contribution < 1.29 is 18.7 Å². The first-order valence-electron chi connectivity index (χ1n) is 10.8. The second-order valence-electron chi connectivity index (χ2n) is 8.53. The van der Waals surface area contributed by atoms with Crippen molar-refractivity contribution in [3.63, 3.8) is 0 Å². The van der Waals surface area contributed by atoms with Crippen LogP contribution >= 0.6 is 0 Å². The van der Waals surface area contributed by atoms with E-state index in [1.165, 1.54) is 0 Å². The van der Waals surface area contributed by atoms with Gasteiger partial charge in [-0.15, -0.1) is 0 Å². The molecule has 32 heavy (non-hydrogen) atoms. The summed E-state index contributed by atoms with van der Waals surface area (Å²) in [5.74, 6) is -0.584. The second kappa shape index (κ2) is 9.09. The lowest BCUT2D eigenvalue weighted by Gasteiger charge is -2.35. The van der Waals surface area contributed by atoms with E-state index in [4.69, 9.17) is 10.00 Å². The smallest absolute Gasteiger partial charge is 0.338 e. The Kier molecular flexibility index (Phi) is 6.24. The number of cyclic esters (lactones) is 1. The number of nitrogens with zero attached hydrogens (tertiary/aromatic N) is 2. The van der Waals surface area contributed by atoms with Gasteiger partial charge in [-0.2, -0.15) is 5.26 Å². The predicted octanol–water partition coefficient (Wildman–Crippen LogP) is 3.23. The van der Waals surface area contributed by atoms with Gasteiger partial charge in [0.05, 0.1) is 23.2 Å². The highest BCUT2D eigenvalue weighted by atomic mass is 19.1. The van der Waals surface area contributed by atoms with E-state index in [0.29, 0.717) is 42.8 Å². The van der Waals surface area contributed by atoms with Crippen LogP contribution in [0.25, 0.3) is 0 Å². The molecule has 0 spiro atoms. The summed E-state index contributed by atoms with van der Waals surface area (Å²) in [6, 6.07) is 10.2. The number of alkyl halides is 1. The van der Waals surface area contributed by atoms with Gasteiger partial charge >= 0.3 is 5.97 Å². The molecule has 2 aromatic carbocycles. The zero-order valence-corrected chi connectivity index (χ0v) is 18.3. The van der Waals surface area contributed by atoms with E-state index in [2.05, 4.69) is 16.3 Å². The number of nitriles is 1. The SMILES string of the molecule is Cc1cc(C(=O)NC2CCN(CCc3ccc4c(c3C)COC4=O)CC2F)ccc1C#N. The molecule has 2 aliphatic heterocycles. The number of ether oxygens (including phenoxy) is 1. The highest BCUT2D eigenvalue weighted by Gasteiger charge is 2.31. The number of hydrogen-bond donors (Lipinski definition) is 1. The lowest BCUT2D eigenvalue weighted by atomic mass is 9.96. The minimum Gasteiger partial charge on any atom is -0.457 e. The molecule has 1 fully saturated rings. The number of fused-ring (bicyclic) bond motifs is 1. The van der Waals surface area contributed by atoms with Crippen LogP contribution in [0.15, 0.2) is 30.3 Å². The second-order valence-corrected chi connectivity index (χ2v) is 8.53. The summed E-state index contributed by atoms with van der Waals surface area (Å²) in [5.41, 5.74) is 5.50. The summed E-state index contributed by atoms with van der Waals surface area (Å²) in [7, 11) is 0. The van der Waals surface area contributed by atoms with Crippen molar-refractivity contribution in [2.75, 3.05) is 19.6 Å². The Balaban J connectivity index is 1.31. The molecule has 7 heteroatoms. The van der Waals surface area contributed by atoms with E-state index in [-0.39, 0.29) is 18.4 Å². The third-order valence-electron chi connectivity index (χ3n) is 6.53. The monoisotopic (exact) mass is 435 g/mol. The number of esters is 1. The molecule has 2 aromatic rings. The molecule has 2 aliphatic rings. The van der Waals surface area contributed by atoms with Crippen LogP contribution in [0.5, 0.6) is 0 Å².